The van der Waals surface area contributed by atoms with Crippen LogP contribution in [0.15, 0.2) is 42.5 Å². The van der Waals surface area contributed by atoms with Crippen molar-refractivity contribution >= 4 is 17.5 Å². The van der Waals surface area contributed by atoms with E-state index in [1.54, 1.807) is 18.0 Å². The molecule has 0 bridgehead atoms. The van der Waals surface area contributed by atoms with E-state index >= 15 is 0 Å². The Kier molecular flexibility index (Phi) is 5.91. The molecule has 0 spiro atoms. The summed E-state index contributed by atoms with van der Waals surface area (Å²) >= 11 is 0. The van der Waals surface area contributed by atoms with Crippen LogP contribution in [0.4, 0.5) is 5.69 Å². The monoisotopic (exact) mass is 405 g/mol. The third-order valence-electron chi connectivity index (χ3n) is 6.67. The second kappa shape index (κ2) is 8.60. The van der Waals surface area contributed by atoms with Gasteiger partial charge in [0.15, 0.2) is 0 Å². The largest absolute Gasteiger partial charge is 0.337 e. The van der Waals surface area contributed by atoms with Crippen LogP contribution in [0.2, 0.25) is 0 Å². The van der Waals surface area contributed by atoms with E-state index in [1.165, 1.54) is 31.5 Å². The fraction of sp³-hybridized carbons (Fsp3) is 0.440. The van der Waals surface area contributed by atoms with Gasteiger partial charge in [0.25, 0.3) is 11.8 Å². The SMILES string of the molecule is C[C@H]1CN(C)CC[C@@H]1CCc1ccc(NC(=O)c2cccc3c2C(=O)N(C)C3)cc1. The summed E-state index contributed by atoms with van der Waals surface area (Å²) in [6.45, 7) is 5.31. The van der Waals surface area contributed by atoms with Gasteiger partial charge < -0.3 is 15.1 Å². The molecular weight excluding hydrogens is 374 g/mol. The zero-order valence-corrected chi connectivity index (χ0v) is 18.1. The number of carbonyl (C=O) groups is 2. The lowest BCUT2D eigenvalue weighted by Crippen LogP contribution is -2.36. The number of anilines is 1. The van der Waals surface area contributed by atoms with E-state index in [4.69, 9.17) is 0 Å². The molecular formula is C25H31N3O2. The second-order valence-electron chi connectivity index (χ2n) is 8.98. The van der Waals surface area contributed by atoms with Gasteiger partial charge in [0.2, 0.25) is 0 Å². The highest BCUT2D eigenvalue weighted by atomic mass is 16.2. The van der Waals surface area contributed by atoms with Gasteiger partial charge in [-0.3, -0.25) is 9.59 Å². The van der Waals surface area contributed by atoms with Crippen molar-refractivity contribution in [2.75, 3.05) is 32.5 Å². The van der Waals surface area contributed by atoms with Crippen molar-refractivity contribution in [1.29, 1.82) is 0 Å². The lowest BCUT2D eigenvalue weighted by atomic mass is 9.83. The Hall–Kier alpha value is -2.66. The zero-order valence-electron chi connectivity index (χ0n) is 18.1. The standard InChI is InChI=1S/C25H31N3O2/c1-17-15-27(2)14-13-19(17)10-7-18-8-11-21(12-9-18)26-24(29)22-6-4-5-20-16-28(3)25(30)23(20)22/h4-6,8-9,11-12,17,19H,7,10,13-16H2,1-3H3,(H,26,29)/t17-,19-/m0/s1. The molecule has 2 aromatic carbocycles. The van der Waals surface area contributed by atoms with E-state index in [9.17, 15) is 9.59 Å². The number of carbonyl (C=O) groups excluding carboxylic acids is 2. The normalized spacial score (nSPS) is 21.6. The Morgan fingerprint density at radius 2 is 1.90 bits per heavy atom. The van der Waals surface area contributed by atoms with Crippen LogP contribution >= 0.6 is 0 Å². The highest BCUT2D eigenvalue weighted by Crippen LogP contribution is 2.28. The molecule has 2 aromatic rings. The molecule has 5 heteroatoms. The molecule has 2 aliphatic heterocycles. The Morgan fingerprint density at radius 1 is 1.13 bits per heavy atom. The summed E-state index contributed by atoms with van der Waals surface area (Å²) in [5.74, 6) is 1.21. The number of hydrogen-bond acceptors (Lipinski definition) is 3. The first-order valence-electron chi connectivity index (χ1n) is 10.9. The van der Waals surface area contributed by atoms with Crippen molar-refractivity contribution in [2.45, 2.75) is 32.7 Å². The van der Waals surface area contributed by atoms with Crippen molar-refractivity contribution in [3.8, 4) is 0 Å². The van der Waals surface area contributed by atoms with Gasteiger partial charge in [-0.15, -0.1) is 0 Å². The number of hydrogen-bond donors (Lipinski definition) is 1. The fourth-order valence-corrected chi connectivity index (χ4v) is 4.83. The summed E-state index contributed by atoms with van der Waals surface area (Å²) in [6, 6.07) is 13.6. The fourth-order valence-electron chi connectivity index (χ4n) is 4.83. The van der Waals surface area contributed by atoms with Gasteiger partial charge in [0.05, 0.1) is 11.1 Å². The Balaban J connectivity index is 1.37. The molecule has 158 valence electrons. The predicted molar refractivity (Wildman–Crippen MR) is 120 cm³/mol. The van der Waals surface area contributed by atoms with E-state index in [0.717, 1.165) is 29.5 Å². The maximum absolute atomic E-state index is 12.8. The molecule has 0 saturated carbocycles. The molecule has 0 unspecified atom stereocenters. The molecule has 1 saturated heterocycles. The first-order valence-corrected chi connectivity index (χ1v) is 10.9. The average Bonchev–Trinajstić information content (AvgIpc) is 3.02. The second-order valence-corrected chi connectivity index (χ2v) is 8.98. The molecule has 4 rings (SSSR count). The maximum atomic E-state index is 12.8. The minimum Gasteiger partial charge on any atom is -0.337 e. The summed E-state index contributed by atoms with van der Waals surface area (Å²) in [5, 5.41) is 2.95. The first-order chi connectivity index (χ1) is 14.4. The smallest absolute Gasteiger partial charge is 0.256 e. The van der Waals surface area contributed by atoms with E-state index in [-0.39, 0.29) is 11.8 Å². The van der Waals surface area contributed by atoms with Gasteiger partial charge in [0, 0.05) is 25.8 Å². The van der Waals surface area contributed by atoms with E-state index in [2.05, 4.69) is 36.3 Å². The Labute approximate surface area is 179 Å². The van der Waals surface area contributed by atoms with Crippen molar-refractivity contribution in [2.24, 2.45) is 11.8 Å². The van der Waals surface area contributed by atoms with Crippen molar-refractivity contribution in [3.63, 3.8) is 0 Å². The summed E-state index contributed by atoms with van der Waals surface area (Å²) < 4.78 is 0. The highest BCUT2D eigenvalue weighted by molar-refractivity contribution is 6.13. The predicted octanol–water partition coefficient (Wildman–Crippen LogP) is 4.04. The number of piperidine rings is 1. The Bertz CT molecular complexity index is 938. The number of fused-ring (bicyclic) bond motifs is 1. The molecule has 2 amide bonds. The molecule has 0 radical (unpaired) electrons. The van der Waals surface area contributed by atoms with Crippen molar-refractivity contribution in [1.82, 2.24) is 9.80 Å². The number of nitrogens with one attached hydrogen (secondary N) is 1. The quantitative estimate of drug-likeness (QED) is 0.817. The molecule has 2 atom stereocenters. The number of benzene rings is 2. The number of rotatable bonds is 5. The van der Waals surface area contributed by atoms with Gasteiger partial charge >= 0.3 is 0 Å². The van der Waals surface area contributed by atoms with Crippen LogP contribution in [0, 0.1) is 11.8 Å². The summed E-state index contributed by atoms with van der Waals surface area (Å²) in [4.78, 5) is 29.3. The molecule has 1 fully saturated rings. The van der Waals surface area contributed by atoms with Crippen LogP contribution in [0.3, 0.4) is 0 Å². The number of aryl methyl sites for hydroxylation is 1. The van der Waals surface area contributed by atoms with Crippen molar-refractivity contribution in [3.05, 3.63) is 64.7 Å². The minimum absolute atomic E-state index is 0.0887. The first kappa shape index (κ1) is 20.6. The summed E-state index contributed by atoms with van der Waals surface area (Å²) in [5.41, 5.74) is 3.95. The van der Waals surface area contributed by atoms with Gasteiger partial charge in [0.1, 0.15) is 0 Å². The van der Waals surface area contributed by atoms with Gasteiger partial charge in [-0.25, -0.2) is 0 Å². The van der Waals surface area contributed by atoms with E-state index in [1.807, 2.05) is 24.3 Å². The molecule has 5 nitrogen and oxygen atoms in total. The van der Waals surface area contributed by atoms with Crippen LogP contribution in [-0.4, -0.2) is 48.8 Å². The zero-order chi connectivity index (χ0) is 21.3. The van der Waals surface area contributed by atoms with E-state index < -0.39 is 0 Å². The lowest BCUT2D eigenvalue weighted by Gasteiger charge is -2.34. The third-order valence-corrected chi connectivity index (χ3v) is 6.67. The molecule has 0 aromatic heterocycles. The highest BCUT2D eigenvalue weighted by Gasteiger charge is 2.29. The summed E-state index contributed by atoms with van der Waals surface area (Å²) in [6.07, 6.45) is 3.56. The van der Waals surface area contributed by atoms with Gasteiger partial charge in [-0.05, 0) is 74.0 Å². The van der Waals surface area contributed by atoms with E-state index in [0.29, 0.717) is 17.7 Å². The molecule has 30 heavy (non-hydrogen) atoms. The maximum Gasteiger partial charge on any atom is 0.256 e. The number of likely N-dealkylation sites (tertiary alicyclic amines) is 1. The minimum atomic E-state index is -0.233. The number of nitrogens with zero attached hydrogens (tertiary/aromatic N) is 2. The number of amides is 2. The van der Waals surface area contributed by atoms with Gasteiger partial charge in [-0.2, -0.15) is 0 Å². The summed E-state index contributed by atoms with van der Waals surface area (Å²) in [7, 11) is 3.96. The van der Waals surface area contributed by atoms with Crippen LogP contribution in [0.5, 0.6) is 0 Å². The average molecular weight is 406 g/mol. The topological polar surface area (TPSA) is 52.7 Å². The van der Waals surface area contributed by atoms with Crippen LogP contribution < -0.4 is 5.32 Å². The van der Waals surface area contributed by atoms with Crippen LogP contribution in [-0.2, 0) is 13.0 Å². The Morgan fingerprint density at radius 3 is 2.63 bits per heavy atom. The van der Waals surface area contributed by atoms with Crippen LogP contribution in [0.1, 0.15) is 51.6 Å². The van der Waals surface area contributed by atoms with Crippen molar-refractivity contribution < 1.29 is 9.59 Å². The molecule has 2 heterocycles. The lowest BCUT2D eigenvalue weighted by molar-refractivity contribution is 0.0812. The molecule has 1 N–H and O–H groups in total. The van der Waals surface area contributed by atoms with Crippen LogP contribution in [0.25, 0.3) is 0 Å². The molecule has 0 aliphatic carbocycles. The molecule has 2 aliphatic rings. The van der Waals surface area contributed by atoms with Gasteiger partial charge in [-0.1, -0.05) is 31.2 Å². The third kappa shape index (κ3) is 4.26.